The number of nitrogens with two attached hydrogens (primary N) is 2. The second kappa shape index (κ2) is 9.29. The predicted molar refractivity (Wildman–Crippen MR) is 136 cm³/mol. The summed E-state index contributed by atoms with van der Waals surface area (Å²) in [6.45, 7) is 6.08. The average molecular weight is 439 g/mol. The molecule has 0 amide bonds. The number of ether oxygens (including phenoxy) is 2. The number of rotatable bonds is 7. The molecule has 0 saturated carbocycles. The first-order chi connectivity index (χ1) is 15.9. The van der Waals surface area contributed by atoms with Crippen molar-refractivity contribution >= 4 is 11.4 Å². The maximum atomic E-state index is 6.59. The highest BCUT2D eigenvalue weighted by atomic mass is 16.7. The maximum absolute atomic E-state index is 6.59. The summed E-state index contributed by atoms with van der Waals surface area (Å²) in [5.41, 5.74) is 17.0. The topological polar surface area (TPSA) is 70.5 Å². The Hall–Kier alpha value is -3.92. The van der Waals surface area contributed by atoms with Gasteiger partial charge in [0.2, 0.25) is 0 Å². The molecule has 0 bridgehead atoms. The van der Waals surface area contributed by atoms with Crippen molar-refractivity contribution in [1.82, 2.24) is 0 Å². The van der Waals surface area contributed by atoms with E-state index in [0.717, 1.165) is 33.6 Å². The van der Waals surface area contributed by atoms with E-state index in [-0.39, 0.29) is 0 Å². The largest absolute Gasteiger partial charge is 0.454 e. The summed E-state index contributed by atoms with van der Waals surface area (Å²) in [6, 6.07) is 31.9. The van der Waals surface area contributed by atoms with Crippen LogP contribution in [0.1, 0.15) is 29.2 Å². The molecule has 0 aromatic heterocycles. The van der Waals surface area contributed by atoms with Crippen LogP contribution in [-0.4, -0.2) is 6.29 Å². The Morgan fingerprint density at radius 1 is 0.606 bits per heavy atom. The van der Waals surface area contributed by atoms with E-state index in [1.807, 2.05) is 86.6 Å². The van der Waals surface area contributed by atoms with Crippen molar-refractivity contribution in [3.63, 3.8) is 0 Å². The van der Waals surface area contributed by atoms with Gasteiger partial charge >= 0.3 is 0 Å². The first-order valence-corrected chi connectivity index (χ1v) is 11.0. The molecule has 0 fully saturated rings. The average Bonchev–Trinajstić information content (AvgIpc) is 2.84. The smallest absolute Gasteiger partial charge is 0.254 e. The van der Waals surface area contributed by atoms with Gasteiger partial charge in [-0.3, -0.25) is 0 Å². The van der Waals surface area contributed by atoms with Crippen LogP contribution in [0.5, 0.6) is 11.5 Å². The van der Waals surface area contributed by atoms with Gasteiger partial charge in [-0.25, -0.2) is 0 Å². The van der Waals surface area contributed by atoms with Crippen molar-refractivity contribution in [2.75, 3.05) is 11.5 Å². The Labute approximate surface area is 195 Å². The third kappa shape index (κ3) is 4.65. The van der Waals surface area contributed by atoms with Crippen LogP contribution < -0.4 is 20.9 Å². The highest BCUT2D eigenvalue weighted by Crippen LogP contribution is 2.39. The molecule has 4 aromatic rings. The summed E-state index contributed by atoms with van der Waals surface area (Å²) in [4.78, 5) is 0. The van der Waals surface area contributed by atoms with E-state index in [1.165, 1.54) is 0 Å². The SMILES string of the molecule is Cc1cc(OC(Oc2ccc(N)c(C)c2)C(C)(c2ccccc2)c2ccccc2)ccc1N. The summed E-state index contributed by atoms with van der Waals surface area (Å²) in [6.07, 6.45) is -0.673. The molecule has 0 radical (unpaired) electrons. The van der Waals surface area contributed by atoms with Crippen molar-refractivity contribution in [3.05, 3.63) is 119 Å². The fraction of sp³-hybridized carbons (Fsp3) is 0.172. The first kappa shape index (κ1) is 22.3. The molecule has 0 aliphatic rings. The van der Waals surface area contributed by atoms with E-state index < -0.39 is 11.7 Å². The summed E-state index contributed by atoms with van der Waals surface area (Å²) < 4.78 is 13.2. The molecule has 0 heterocycles. The molecule has 168 valence electrons. The van der Waals surface area contributed by atoms with Gasteiger partial charge in [0, 0.05) is 11.4 Å². The van der Waals surface area contributed by atoms with Crippen molar-refractivity contribution in [3.8, 4) is 11.5 Å². The molecular weight excluding hydrogens is 408 g/mol. The van der Waals surface area contributed by atoms with Gasteiger partial charge in [-0.15, -0.1) is 0 Å². The molecule has 4 nitrogen and oxygen atoms in total. The Kier molecular flexibility index (Phi) is 6.27. The number of anilines is 2. The quantitative estimate of drug-likeness (QED) is 0.264. The Morgan fingerprint density at radius 3 is 1.36 bits per heavy atom. The highest BCUT2D eigenvalue weighted by molar-refractivity contribution is 5.51. The van der Waals surface area contributed by atoms with E-state index in [2.05, 4.69) is 31.2 Å². The van der Waals surface area contributed by atoms with E-state index in [1.54, 1.807) is 0 Å². The van der Waals surface area contributed by atoms with Gasteiger partial charge in [-0.1, -0.05) is 60.7 Å². The fourth-order valence-corrected chi connectivity index (χ4v) is 3.96. The normalized spacial score (nSPS) is 11.4. The van der Waals surface area contributed by atoms with Crippen LogP contribution in [-0.2, 0) is 5.41 Å². The first-order valence-electron chi connectivity index (χ1n) is 11.0. The minimum Gasteiger partial charge on any atom is -0.454 e. The fourth-order valence-electron chi connectivity index (χ4n) is 3.96. The van der Waals surface area contributed by atoms with Crippen LogP contribution in [0.15, 0.2) is 97.1 Å². The summed E-state index contributed by atoms with van der Waals surface area (Å²) in [7, 11) is 0. The summed E-state index contributed by atoms with van der Waals surface area (Å²) in [5, 5.41) is 0. The van der Waals surface area contributed by atoms with Gasteiger partial charge in [0.25, 0.3) is 6.29 Å². The zero-order chi connectivity index (χ0) is 23.4. The molecule has 0 spiro atoms. The Bertz CT molecular complexity index is 1130. The van der Waals surface area contributed by atoms with Crippen LogP contribution in [0.2, 0.25) is 0 Å². The van der Waals surface area contributed by atoms with Gasteiger partial charge in [0.15, 0.2) is 0 Å². The number of nitrogen functional groups attached to an aromatic ring is 2. The lowest BCUT2D eigenvalue weighted by Crippen LogP contribution is -2.46. The van der Waals surface area contributed by atoms with E-state index >= 15 is 0 Å². The van der Waals surface area contributed by atoms with E-state index in [9.17, 15) is 0 Å². The van der Waals surface area contributed by atoms with Crippen LogP contribution in [0.25, 0.3) is 0 Å². The van der Waals surface area contributed by atoms with Crippen molar-refractivity contribution < 1.29 is 9.47 Å². The molecule has 33 heavy (non-hydrogen) atoms. The third-order valence-electron chi connectivity index (χ3n) is 6.19. The number of benzene rings is 4. The lowest BCUT2D eigenvalue weighted by molar-refractivity contribution is -0.0393. The van der Waals surface area contributed by atoms with E-state index in [0.29, 0.717) is 11.5 Å². The van der Waals surface area contributed by atoms with Crippen molar-refractivity contribution in [1.29, 1.82) is 0 Å². The Morgan fingerprint density at radius 2 is 1.00 bits per heavy atom. The van der Waals surface area contributed by atoms with Crippen LogP contribution in [0.3, 0.4) is 0 Å². The molecule has 0 aliphatic heterocycles. The minimum absolute atomic E-state index is 0.618. The maximum Gasteiger partial charge on any atom is 0.254 e. The van der Waals surface area contributed by atoms with E-state index in [4.69, 9.17) is 20.9 Å². The molecule has 4 aromatic carbocycles. The molecular formula is C29H30N2O2. The van der Waals surface area contributed by atoms with Gasteiger partial charge in [-0.05, 0) is 79.4 Å². The summed E-state index contributed by atoms with van der Waals surface area (Å²) >= 11 is 0. The monoisotopic (exact) mass is 438 g/mol. The van der Waals surface area contributed by atoms with Gasteiger partial charge in [-0.2, -0.15) is 0 Å². The molecule has 4 N–H and O–H groups in total. The minimum atomic E-state index is -0.673. The second-order valence-electron chi connectivity index (χ2n) is 8.54. The molecule has 0 unspecified atom stereocenters. The third-order valence-corrected chi connectivity index (χ3v) is 6.19. The highest BCUT2D eigenvalue weighted by Gasteiger charge is 2.42. The lowest BCUT2D eigenvalue weighted by Gasteiger charge is -2.38. The zero-order valence-corrected chi connectivity index (χ0v) is 19.3. The lowest BCUT2D eigenvalue weighted by atomic mass is 9.75. The van der Waals surface area contributed by atoms with Crippen LogP contribution >= 0.6 is 0 Å². The Balaban J connectivity index is 1.85. The molecule has 4 heteroatoms. The second-order valence-corrected chi connectivity index (χ2v) is 8.54. The molecule has 0 saturated heterocycles. The van der Waals surface area contributed by atoms with Gasteiger partial charge < -0.3 is 20.9 Å². The number of hydrogen-bond donors (Lipinski definition) is 2. The number of hydrogen-bond acceptors (Lipinski definition) is 4. The standard InChI is InChI=1S/C29H30N2O2/c1-20-18-24(14-16-26(20)30)32-28(33-25-15-17-27(31)21(2)19-25)29(3,22-10-6-4-7-11-22)23-12-8-5-9-13-23/h4-19,28H,30-31H2,1-3H3. The zero-order valence-electron chi connectivity index (χ0n) is 19.3. The molecule has 0 aliphatic carbocycles. The molecule has 0 atom stereocenters. The summed E-state index contributed by atoms with van der Waals surface area (Å²) in [5.74, 6) is 1.38. The van der Waals surface area contributed by atoms with Crippen molar-refractivity contribution in [2.45, 2.75) is 32.5 Å². The van der Waals surface area contributed by atoms with Crippen molar-refractivity contribution in [2.24, 2.45) is 0 Å². The van der Waals surface area contributed by atoms with Crippen LogP contribution in [0.4, 0.5) is 11.4 Å². The molecule has 4 rings (SSSR count). The van der Waals surface area contributed by atoms with Gasteiger partial charge in [0.1, 0.15) is 11.5 Å². The van der Waals surface area contributed by atoms with Crippen LogP contribution in [0, 0.1) is 13.8 Å². The predicted octanol–water partition coefficient (Wildman–Crippen LogP) is 6.26. The van der Waals surface area contributed by atoms with Gasteiger partial charge in [0.05, 0.1) is 5.41 Å². The number of aryl methyl sites for hydroxylation is 2.